The van der Waals surface area contributed by atoms with Crippen LogP contribution in [0.3, 0.4) is 0 Å². The van der Waals surface area contributed by atoms with Crippen molar-refractivity contribution in [3.8, 4) is 0 Å². The summed E-state index contributed by atoms with van der Waals surface area (Å²) in [5, 5.41) is 39.2. The van der Waals surface area contributed by atoms with E-state index in [9.17, 15) is 24.9 Å². The Morgan fingerprint density at radius 3 is 2.55 bits per heavy atom. The van der Waals surface area contributed by atoms with E-state index in [2.05, 4.69) is 13.0 Å². The zero-order valence-electron chi connectivity index (χ0n) is 19.0. The second-order valence-electron chi connectivity index (χ2n) is 9.78. The smallest absolute Gasteiger partial charge is 0.311 e. The number of ether oxygens (including phenoxy) is 1. The number of carbonyl (C=O) groups is 2. The lowest BCUT2D eigenvalue weighted by atomic mass is 9.66. The van der Waals surface area contributed by atoms with Crippen LogP contribution in [-0.2, 0) is 14.3 Å². The molecule has 2 aliphatic rings. The molecule has 0 saturated heterocycles. The fourth-order valence-electron chi connectivity index (χ4n) is 4.53. The highest BCUT2D eigenvalue weighted by atomic mass is 16.5. The van der Waals surface area contributed by atoms with Gasteiger partial charge in [-0.1, -0.05) is 32.1 Å². The summed E-state index contributed by atoms with van der Waals surface area (Å²) in [7, 11) is 0. The van der Waals surface area contributed by atoms with Crippen LogP contribution in [0.5, 0.6) is 0 Å². The van der Waals surface area contributed by atoms with Gasteiger partial charge >= 0.3 is 11.9 Å². The summed E-state index contributed by atoms with van der Waals surface area (Å²) in [4.78, 5) is 23.5. The van der Waals surface area contributed by atoms with Gasteiger partial charge < -0.3 is 25.2 Å². The van der Waals surface area contributed by atoms with Crippen molar-refractivity contribution in [2.75, 3.05) is 0 Å². The fourth-order valence-corrected chi connectivity index (χ4v) is 4.53. The lowest BCUT2D eigenvalue weighted by molar-refractivity contribution is -0.165. The zero-order valence-corrected chi connectivity index (χ0v) is 19.0. The first-order valence-electron chi connectivity index (χ1n) is 11.3. The SMILES string of the molecule is CCC(C)(C)C(=O)O[C@H]1C[C@@H](O)C=C2C=C[C@H](C)[C@H](CC[C@@H](O)C[C@@H](O)CC(=O)O)[C@H]21. The zero-order chi connectivity index (χ0) is 23.3. The lowest BCUT2D eigenvalue weighted by Crippen LogP contribution is -2.44. The summed E-state index contributed by atoms with van der Waals surface area (Å²) in [5.74, 6) is -1.16. The van der Waals surface area contributed by atoms with E-state index < -0.39 is 42.2 Å². The maximum Gasteiger partial charge on any atom is 0.311 e. The number of allylic oxidation sites excluding steroid dienone is 2. The first-order valence-corrected chi connectivity index (χ1v) is 11.3. The Labute approximate surface area is 184 Å². The van der Waals surface area contributed by atoms with Crippen molar-refractivity contribution >= 4 is 11.9 Å². The van der Waals surface area contributed by atoms with Crippen LogP contribution in [0.15, 0.2) is 23.8 Å². The van der Waals surface area contributed by atoms with Gasteiger partial charge in [0.05, 0.1) is 30.1 Å². The summed E-state index contributed by atoms with van der Waals surface area (Å²) in [6.45, 7) is 7.73. The van der Waals surface area contributed by atoms with Crippen LogP contribution in [0.4, 0.5) is 0 Å². The van der Waals surface area contributed by atoms with Gasteiger partial charge in [0.2, 0.25) is 0 Å². The van der Waals surface area contributed by atoms with E-state index >= 15 is 0 Å². The Morgan fingerprint density at radius 1 is 1.26 bits per heavy atom. The number of rotatable bonds is 10. The van der Waals surface area contributed by atoms with E-state index in [4.69, 9.17) is 9.84 Å². The van der Waals surface area contributed by atoms with Crippen molar-refractivity contribution in [1.29, 1.82) is 0 Å². The van der Waals surface area contributed by atoms with Crippen LogP contribution in [0, 0.1) is 23.2 Å². The predicted octanol–water partition coefficient (Wildman–Crippen LogP) is 2.83. The second-order valence-corrected chi connectivity index (χ2v) is 9.78. The maximum absolute atomic E-state index is 12.8. The monoisotopic (exact) mass is 438 g/mol. The van der Waals surface area contributed by atoms with Crippen molar-refractivity contribution in [1.82, 2.24) is 0 Å². The average molecular weight is 439 g/mol. The number of carbonyl (C=O) groups excluding carboxylic acids is 1. The van der Waals surface area contributed by atoms with E-state index in [1.165, 1.54) is 0 Å². The highest BCUT2D eigenvalue weighted by Crippen LogP contribution is 2.44. The molecule has 0 aromatic rings. The summed E-state index contributed by atoms with van der Waals surface area (Å²) >= 11 is 0. The highest BCUT2D eigenvalue weighted by molar-refractivity contribution is 5.76. The van der Waals surface area contributed by atoms with Crippen molar-refractivity contribution in [3.05, 3.63) is 23.8 Å². The van der Waals surface area contributed by atoms with Gasteiger partial charge in [-0.05, 0) is 56.9 Å². The van der Waals surface area contributed by atoms with Gasteiger partial charge in [-0.15, -0.1) is 0 Å². The molecule has 0 amide bonds. The van der Waals surface area contributed by atoms with Crippen molar-refractivity contribution < 1.29 is 34.8 Å². The molecule has 0 aliphatic heterocycles. The number of aliphatic hydroxyl groups is 3. The molecule has 0 bridgehead atoms. The van der Waals surface area contributed by atoms with Gasteiger partial charge in [0.25, 0.3) is 0 Å². The van der Waals surface area contributed by atoms with Gasteiger partial charge in [0, 0.05) is 12.3 Å². The Morgan fingerprint density at radius 2 is 1.94 bits per heavy atom. The molecular weight excluding hydrogens is 400 g/mol. The van der Waals surface area contributed by atoms with E-state index in [1.54, 1.807) is 0 Å². The molecule has 0 aromatic heterocycles. The third-order valence-corrected chi connectivity index (χ3v) is 6.86. The molecule has 0 radical (unpaired) electrons. The molecule has 2 aliphatic carbocycles. The molecule has 4 N–H and O–H groups in total. The minimum atomic E-state index is -1.10. The number of aliphatic carboxylic acids is 1. The molecule has 0 aromatic carbocycles. The normalized spacial score (nSPS) is 30.2. The van der Waals surface area contributed by atoms with Crippen LogP contribution in [0.2, 0.25) is 0 Å². The molecular formula is C24H38O7. The number of hydrogen-bond acceptors (Lipinski definition) is 6. The number of hydrogen-bond donors (Lipinski definition) is 4. The molecule has 31 heavy (non-hydrogen) atoms. The van der Waals surface area contributed by atoms with Gasteiger partial charge in [-0.2, -0.15) is 0 Å². The Hall–Kier alpha value is -1.70. The summed E-state index contributed by atoms with van der Waals surface area (Å²) < 4.78 is 5.94. The minimum absolute atomic E-state index is 0.0123. The van der Waals surface area contributed by atoms with Gasteiger partial charge in [0.15, 0.2) is 0 Å². The number of carboxylic acid groups (broad SMARTS) is 1. The van der Waals surface area contributed by atoms with Gasteiger partial charge in [0.1, 0.15) is 6.10 Å². The maximum atomic E-state index is 12.8. The topological polar surface area (TPSA) is 124 Å². The molecule has 176 valence electrons. The quantitative estimate of drug-likeness (QED) is 0.387. The molecule has 0 unspecified atom stereocenters. The van der Waals surface area contributed by atoms with Crippen LogP contribution >= 0.6 is 0 Å². The average Bonchev–Trinajstić information content (AvgIpc) is 2.66. The van der Waals surface area contributed by atoms with Gasteiger partial charge in [-0.25, -0.2) is 0 Å². The molecule has 7 heteroatoms. The highest BCUT2D eigenvalue weighted by Gasteiger charge is 2.43. The Kier molecular flexibility index (Phi) is 8.86. The van der Waals surface area contributed by atoms with Crippen LogP contribution in [0.25, 0.3) is 0 Å². The third-order valence-electron chi connectivity index (χ3n) is 6.86. The van der Waals surface area contributed by atoms with Crippen LogP contribution in [-0.4, -0.2) is 56.8 Å². The van der Waals surface area contributed by atoms with Crippen LogP contribution < -0.4 is 0 Å². The van der Waals surface area contributed by atoms with Gasteiger partial charge in [-0.3, -0.25) is 9.59 Å². The largest absolute Gasteiger partial charge is 0.481 e. The van der Waals surface area contributed by atoms with E-state index in [0.717, 1.165) is 5.57 Å². The molecule has 2 rings (SSSR count). The molecule has 0 heterocycles. The number of carboxylic acids is 1. The summed E-state index contributed by atoms with van der Waals surface area (Å²) in [6.07, 6.45) is 4.54. The first kappa shape index (κ1) is 25.6. The molecule has 7 atom stereocenters. The van der Waals surface area contributed by atoms with Crippen LogP contribution in [0.1, 0.15) is 66.2 Å². The molecule has 0 fully saturated rings. The predicted molar refractivity (Wildman–Crippen MR) is 116 cm³/mol. The minimum Gasteiger partial charge on any atom is -0.481 e. The second kappa shape index (κ2) is 10.7. The number of esters is 1. The van der Waals surface area contributed by atoms with E-state index in [1.807, 2.05) is 32.9 Å². The third kappa shape index (κ3) is 6.89. The molecule has 7 nitrogen and oxygen atoms in total. The molecule has 0 saturated carbocycles. The molecule has 0 spiro atoms. The number of fused-ring (bicyclic) bond motifs is 1. The van der Waals surface area contributed by atoms with Crippen molar-refractivity contribution in [2.24, 2.45) is 23.2 Å². The standard InChI is InChI=1S/C24H38O7/c1-5-24(3,4)23(30)31-20-12-17(26)10-15-7-6-14(2)19(22(15)20)9-8-16(25)11-18(27)13-21(28)29/h6-7,10,14,16-20,22,25-27H,5,8-9,11-13H2,1-4H3,(H,28,29)/t14-,16+,17-,18+,19-,20-,22-/m0/s1. The Bertz CT molecular complexity index is 696. The Balaban J connectivity index is 2.12. The fraction of sp³-hybridized carbons (Fsp3) is 0.750. The summed E-state index contributed by atoms with van der Waals surface area (Å²) in [5.41, 5.74) is 0.350. The summed E-state index contributed by atoms with van der Waals surface area (Å²) in [6, 6.07) is 0. The lowest BCUT2D eigenvalue weighted by Gasteiger charge is -2.43. The first-order chi connectivity index (χ1) is 14.4. The van der Waals surface area contributed by atoms with E-state index in [-0.39, 0.29) is 30.1 Å². The number of aliphatic hydroxyl groups excluding tert-OH is 3. The van der Waals surface area contributed by atoms with Crippen molar-refractivity contribution in [3.63, 3.8) is 0 Å². The van der Waals surface area contributed by atoms with Crippen molar-refractivity contribution in [2.45, 2.75) is 90.6 Å². The van der Waals surface area contributed by atoms with E-state index in [0.29, 0.717) is 25.7 Å².